The molecule has 4 heterocycles. The molecule has 136 valence electrons. The predicted octanol–water partition coefficient (Wildman–Crippen LogP) is 4.74. The molecule has 1 aliphatic rings. The zero-order valence-corrected chi connectivity index (χ0v) is 15.3. The van der Waals surface area contributed by atoms with Crippen molar-refractivity contribution in [3.63, 3.8) is 0 Å². The Bertz CT molecular complexity index is 826. The highest BCUT2D eigenvalue weighted by molar-refractivity contribution is 7.09. The Labute approximate surface area is 156 Å². The first kappa shape index (κ1) is 16.9. The summed E-state index contributed by atoms with van der Waals surface area (Å²) in [5, 5.41) is 9.44. The van der Waals surface area contributed by atoms with Crippen LogP contribution in [0.4, 0.5) is 10.6 Å². The fourth-order valence-corrected chi connectivity index (χ4v) is 4.11. The lowest BCUT2D eigenvalue weighted by atomic mass is 10.1. The molecule has 0 saturated carbocycles. The van der Waals surface area contributed by atoms with E-state index in [2.05, 4.69) is 16.5 Å². The van der Waals surface area contributed by atoms with Crippen molar-refractivity contribution in [2.24, 2.45) is 0 Å². The van der Waals surface area contributed by atoms with E-state index in [9.17, 15) is 4.79 Å². The maximum Gasteiger partial charge on any atom is 0.323 e. The largest absolute Gasteiger partial charge is 0.467 e. The van der Waals surface area contributed by atoms with Crippen LogP contribution in [-0.4, -0.2) is 27.3 Å². The molecule has 3 aromatic rings. The van der Waals surface area contributed by atoms with E-state index in [1.807, 2.05) is 39.2 Å². The molecule has 0 radical (unpaired) electrons. The molecule has 3 aromatic heterocycles. The van der Waals surface area contributed by atoms with Crippen LogP contribution in [0.15, 0.2) is 52.6 Å². The third-order valence-electron chi connectivity index (χ3n) is 4.72. The minimum absolute atomic E-state index is 0.0128. The summed E-state index contributed by atoms with van der Waals surface area (Å²) in [6, 6.07) is 9.66. The molecule has 1 N–H and O–H groups in total. The van der Waals surface area contributed by atoms with Gasteiger partial charge in [-0.1, -0.05) is 18.9 Å². The van der Waals surface area contributed by atoms with Crippen LogP contribution < -0.4 is 5.32 Å². The van der Waals surface area contributed by atoms with Gasteiger partial charge in [-0.05, 0) is 36.4 Å². The van der Waals surface area contributed by atoms with Gasteiger partial charge in [-0.3, -0.25) is 5.32 Å². The summed E-state index contributed by atoms with van der Waals surface area (Å²) >= 11 is 1.68. The number of thiophene rings is 1. The van der Waals surface area contributed by atoms with Crippen LogP contribution in [-0.2, 0) is 6.54 Å². The number of hydrogen-bond donors (Lipinski definition) is 1. The van der Waals surface area contributed by atoms with Crippen molar-refractivity contribution in [2.45, 2.75) is 38.3 Å². The zero-order valence-electron chi connectivity index (χ0n) is 14.5. The first-order valence-corrected chi connectivity index (χ1v) is 9.84. The van der Waals surface area contributed by atoms with Crippen LogP contribution in [0.2, 0.25) is 0 Å². The maximum atomic E-state index is 13.0. The number of nitrogens with zero attached hydrogens (tertiary/aromatic N) is 3. The molecule has 2 amide bonds. The van der Waals surface area contributed by atoms with E-state index in [0.717, 1.165) is 38.0 Å². The fraction of sp³-hybridized carbons (Fsp3) is 0.368. The van der Waals surface area contributed by atoms with Crippen LogP contribution in [0, 0.1) is 0 Å². The van der Waals surface area contributed by atoms with Crippen molar-refractivity contribution in [3.8, 4) is 0 Å². The Morgan fingerprint density at radius 3 is 3.04 bits per heavy atom. The zero-order chi connectivity index (χ0) is 17.8. The number of carbonyl (C=O) groups is 1. The van der Waals surface area contributed by atoms with Gasteiger partial charge < -0.3 is 9.32 Å². The molecule has 1 fully saturated rings. The summed E-state index contributed by atoms with van der Waals surface area (Å²) in [7, 11) is 0. The first-order valence-electron chi connectivity index (χ1n) is 8.96. The topological polar surface area (TPSA) is 63.3 Å². The molecule has 1 atom stereocenters. The van der Waals surface area contributed by atoms with Crippen LogP contribution in [0.1, 0.15) is 42.4 Å². The average Bonchev–Trinajstić information content (AvgIpc) is 3.38. The highest BCUT2D eigenvalue weighted by Gasteiger charge is 2.29. The third kappa shape index (κ3) is 3.67. The van der Waals surface area contributed by atoms with Crippen molar-refractivity contribution in [1.82, 2.24) is 14.7 Å². The molecule has 0 bridgehead atoms. The van der Waals surface area contributed by atoms with Crippen LogP contribution >= 0.6 is 11.3 Å². The number of nitrogens with one attached hydrogen (secondary N) is 1. The summed E-state index contributed by atoms with van der Waals surface area (Å²) in [5.74, 6) is 1.57. The van der Waals surface area contributed by atoms with Gasteiger partial charge in [0.05, 0.1) is 25.0 Å². The Balaban J connectivity index is 1.50. The number of urea groups is 1. The van der Waals surface area contributed by atoms with E-state index in [4.69, 9.17) is 4.42 Å². The van der Waals surface area contributed by atoms with Gasteiger partial charge in [0.25, 0.3) is 0 Å². The molecule has 1 saturated heterocycles. The van der Waals surface area contributed by atoms with E-state index < -0.39 is 0 Å². The van der Waals surface area contributed by atoms with Gasteiger partial charge in [-0.2, -0.15) is 5.10 Å². The van der Waals surface area contributed by atoms with E-state index in [1.165, 1.54) is 4.88 Å². The maximum absolute atomic E-state index is 13.0. The number of hydrogen-bond acceptors (Lipinski definition) is 4. The molecule has 0 spiro atoms. The van der Waals surface area contributed by atoms with Gasteiger partial charge in [-0.25, -0.2) is 9.48 Å². The summed E-state index contributed by atoms with van der Waals surface area (Å²) in [4.78, 5) is 16.1. The normalized spacial score (nSPS) is 17.8. The Morgan fingerprint density at radius 1 is 1.27 bits per heavy atom. The molecule has 0 aliphatic carbocycles. The molecular formula is C19H22N4O2S. The van der Waals surface area contributed by atoms with Crippen molar-refractivity contribution in [2.75, 3.05) is 11.9 Å². The van der Waals surface area contributed by atoms with Crippen molar-refractivity contribution in [1.29, 1.82) is 0 Å². The second-order valence-electron chi connectivity index (χ2n) is 6.46. The number of carbonyl (C=O) groups excluding carboxylic acids is 1. The molecule has 0 aromatic carbocycles. The van der Waals surface area contributed by atoms with Crippen LogP contribution in [0.25, 0.3) is 0 Å². The summed E-state index contributed by atoms with van der Waals surface area (Å²) in [6.07, 6.45) is 7.57. The van der Waals surface area contributed by atoms with Crippen LogP contribution in [0.5, 0.6) is 0 Å². The van der Waals surface area contributed by atoms with E-state index in [0.29, 0.717) is 12.4 Å². The lowest BCUT2D eigenvalue weighted by Crippen LogP contribution is -2.38. The Hall–Kier alpha value is -2.54. The highest BCUT2D eigenvalue weighted by atomic mass is 32.1. The van der Waals surface area contributed by atoms with E-state index >= 15 is 0 Å². The molecule has 1 aliphatic heterocycles. The lowest BCUT2D eigenvalue weighted by Gasteiger charge is -2.28. The summed E-state index contributed by atoms with van der Waals surface area (Å²) in [5.41, 5.74) is 0. The fourth-order valence-electron chi connectivity index (χ4n) is 3.42. The van der Waals surface area contributed by atoms with Crippen molar-refractivity contribution in [3.05, 3.63) is 58.8 Å². The number of amides is 2. The van der Waals surface area contributed by atoms with Crippen molar-refractivity contribution >= 4 is 23.2 Å². The number of likely N-dealkylation sites (tertiary alicyclic amines) is 1. The lowest BCUT2D eigenvalue weighted by molar-refractivity contribution is 0.179. The monoisotopic (exact) mass is 370 g/mol. The number of rotatable bonds is 4. The van der Waals surface area contributed by atoms with Gasteiger partial charge in [-0.15, -0.1) is 11.3 Å². The van der Waals surface area contributed by atoms with Gasteiger partial charge in [0.1, 0.15) is 11.6 Å². The van der Waals surface area contributed by atoms with Gasteiger partial charge in [0.2, 0.25) is 0 Å². The third-order valence-corrected chi connectivity index (χ3v) is 5.58. The first-order chi connectivity index (χ1) is 12.8. The minimum atomic E-state index is -0.0961. The standard InChI is InChI=1S/C19H22N4O2S/c24-19(21-18-9-10-20-23(18)14-15-6-5-13-26-15)22-11-3-1-2-7-16(22)17-8-4-12-25-17/h4-6,8-10,12-13,16H,1-3,7,11,14H2,(H,21,24)/t16-/m1/s1. The summed E-state index contributed by atoms with van der Waals surface area (Å²) < 4.78 is 7.42. The number of furan rings is 1. The molecule has 0 unspecified atom stereocenters. The Kier molecular flexibility index (Phi) is 5.06. The molecule has 7 heteroatoms. The van der Waals surface area contributed by atoms with Crippen LogP contribution in [0.3, 0.4) is 0 Å². The van der Waals surface area contributed by atoms with E-state index in [1.54, 1.807) is 23.8 Å². The number of aromatic nitrogens is 2. The minimum Gasteiger partial charge on any atom is -0.467 e. The van der Waals surface area contributed by atoms with Gasteiger partial charge >= 0.3 is 6.03 Å². The van der Waals surface area contributed by atoms with Gasteiger partial charge in [0, 0.05) is 17.5 Å². The molecule has 6 nitrogen and oxygen atoms in total. The quantitative estimate of drug-likeness (QED) is 0.722. The molecular weight excluding hydrogens is 348 g/mol. The Morgan fingerprint density at radius 2 is 2.23 bits per heavy atom. The summed E-state index contributed by atoms with van der Waals surface area (Å²) in [6.45, 7) is 1.39. The number of anilines is 1. The van der Waals surface area contributed by atoms with E-state index in [-0.39, 0.29) is 12.1 Å². The smallest absolute Gasteiger partial charge is 0.323 e. The second-order valence-corrected chi connectivity index (χ2v) is 7.49. The second kappa shape index (κ2) is 7.78. The SMILES string of the molecule is O=C(Nc1ccnn1Cc1cccs1)N1CCCCC[C@@H]1c1ccco1. The molecule has 26 heavy (non-hydrogen) atoms. The van der Waals surface area contributed by atoms with Gasteiger partial charge in [0.15, 0.2) is 0 Å². The highest BCUT2D eigenvalue weighted by Crippen LogP contribution is 2.31. The average molecular weight is 370 g/mol. The van der Waals surface area contributed by atoms with Crippen molar-refractivity contribution < 1.29 is 9.21 Å². The predicted molar refractivity (Wildman–Crippen MR) is 101 cm³/mol. The molecule has 4 rings (SSSR count).